The van der Waals surface area contributed by atoms with Gasteiger partial charge in [-0.2, -0.15) is 4.31 Å². The minimum absolute atomic E-state index is 0.144. The van der Waals surface area contributed by atoms with Crippen LogP contribution in [-0.2, 0) is 10.0 Å². The van der Waals surface area contributed by atoms with Crippen molar-refractivity contribution in [3.63, 3.8) is 0 Å². The second kappa shape index (κ2) is 10.7. The number of hydrogen-bond acceptors (Lipinski definition) is 4. The molecular weight excluding hydrogens is 398 g/mol. The molecule has 0 bridgehead atoms. The zero-order chi connectivity index (χ0) is 21.6. The summed E-state index contributed by atoms with van der Waals surface area (Å²) in [6.07, 6.45) is 6.22. The Hall–Kier alpha value is -1.44. The first-order valence-corrected chi connectivity index (χ1v) is 12.9. The summed E-state index contributed by atoms with van der Waals surface area (Å²) in [6, 6.07) is 6.36. The van der Waals surface area contributed by atoms with E-state index in [2.05, 4.69) is 24.1 Å². The van der Waals surface area contributed by atoms with Gasteiger partial charge >= 0.3 is 0 Å². The van der Waals surface area contributed by atoms with Gasteiger partial charge in [0.2, 0.25) is 10.0 Å². The summed E-state index contributed by atoms with van der Waals surface area (Å²) in [5, 5.41) is 2.97. The third kappa shape index (κ3) is 6.28. The lowest BCUT2D eigenvalue weighted by molar-refractivity contribution is 0.0947. The standard InChI is InChI=1S/C23H37N3O3S/c1-19-16-20(2)18-25(17-19)13-7-12-24-23(27)21-8-10-22(11-9-21)30(28,29)26-14-5-3-4-6-15-26/h8-11,19-20H,3-7,12-18H2,1-2H3,(H,24,27). The summed E-state index contributed by atoms with van der Waals surface area (Å²) < 4.78 is 27.3. The zero-order valence-corrected chi connectivity index (χ0v) is 19.3. The fourth-order valence-corrected chi connectivity index (χ4v) is 6.31. The van der Waals surface area contributed by atoms with E-state index in [9.17, 15) is 13.2 Å². The predicted octanol–water partition coefficient (Wildman–Crippen LogP) is 3.35. The number of carbonyl (C=O) groups excluding carboxylic acids is 1. The molecule has 0 aromatic heterocycles. The number of sulfonamides is 1. The van der Waals surface area contributed by atoms with Gasteiger partial charge in [0.25, 0.3) is 5.91 Å². The summed E-state index contributed by atoms with van der Waals surface area (Å²) in [7, 11) is -3.47. The fraction of sp³-hybridized carbons (Fsp3) is 0.696. The van der Waals surface area contributed by atoms with E-state index in [1.807, 2.05) is 0 Å². The monoisotopic (exact) mass is 435 g/mol. The van der Waals surface area contributed by atoms with E-state index in [-0.39, 0.29) is 10.8 Å². The predicted molar refractivity (Wildman–Crippen MR) is 120 cm³/mol. The van der Waals surface area contributed by atoms with Gasteiger partial charge < -0.3 is 10.2 Å². The number of nitrogens with zero attached hydrogens (tertiary/aromatic N) is 2. The molecule has 3 rings (SSSR count). The molecule has 6 nitrogen and oxygen atoms in total. The van der Waals surface area contributed by atoms with Crippen molar-refractivity contribution in [1.82, 2.24) is 14.5 Å². The molecule has 1 aromatic carbocycles. The average molecular weight is 436 g/mol. The number of hydrogen-bond donors (Lipinski definition) is 1. The first-order valence-electron chi connectivity index (χ1n) is 11.5. The van der Waals surface area contributed by atoms with Crippen molar-refractivity contribution >= 4 is 15.9 Å². The Morgan fingerprint density at radius 3 is 2.20 bits per heavy atom. The van der Waals surface area contributed by atoms with Crippen LogP contribution in [0.2, 0.25) is 0 Å². The van der Waals surface area contributed by atoms with Crippen LogP contribution >= 0.6 is 0 Å². The maximum absolute atomic E-state index is 12.8. The van der Waals surface area contributed by atoms with Gasteiger partial charge in [0.05, 0.1) is 4.90 Å². The Balaban J connectivity index is 1.47. The third-order valence-electron chi connectivity index (χ3n) is 6.20. The molecule has 2 heterocycles. The van der Waals surface area contributed by atoms with Gasteiger partial charge in [-0.25, -0.2) is 8.42 Å². The molecule has 30 heavy (non-hydrogen) atoms. The van der Waals surface area contributed by atoms with E-state index in [1.54, 1.807) is 28.6 Å². The van der Waals surface area contributed by atoms with Crippen molar-refractivity contribution in [2.24, 2.45) is 11.8 Å². The average Bonchev–Trinajstić information content (AvgIpc) is 3.01. The highest BCUT2D eigenvalue weighted by Gasteiger charge is 2.25. The van der Waals surface area contributed by atoms with Crippen LogP contribution in [0, 0.1) is 11.8 Å². The van der Waals surface area contributed by atoms with Crippen LogP contribution in [-0.4, -0.2) is 62.8 Å². The number of carbonyl (C=O) groups is 1. The van der Waals surface area contributed by atoms with E-state index in [0.29, 0.717) is 25.2 Å². The van der Waals surface area contributed by atoms with Crippen molar-refractivity contribution in [2.75, 3.05) is 39.3 Å². The normalized spacial score (nSPS) is 24.3. The number of piperidine rings is 1. The van der Waals surface area contributed by atoms with Crippen LogP contribution < -0.4 is 5.32 Å². The smallest absolute Gasteiger partial charge is 0.251 e. The van der Waals surface area contributed by atoms with Gasteiger partial charge in [-0.05, 0) is 68.3 Å². The van der Waals surface area contributed by atoms with Gasteiger partial charge in [0.15, 0.2) is 0 Å². The molecule has 2 saturated heterocycles. The van der Waals surface area contributed by atoms with Crippen molar-refractivity contribution in [2.45, 2.75) is 57.3 Å². The van der Waals surface area contributed by atoms with E-state index >= 15 is 0 Å². The summed E-state index contributed by atoms with van der Waals surface area (Å²) in [5.41, 5.74) is 0.505. The number of nitrogens with one attached hydrogen (secondary N) is 1. The molecule has 2 atom stereocenters. The SMILES string of the molecule is CC1CC(C)CN(CCCNC(=O)c2ccc(S(=O)(=O)N3CCCCCC3)cc2)C1. The van der Waals surface area contributed by atoms with Crippen LogP contribution in [0.25, 0.3) is 0 Å². The number of amides is 1. The second-order valence-corrected chi connectivity index (χ2v) is 11.1. The lowest BCUT2D eigenvalue weighted by atomic mass is 9.92. The molecule has 2 aliphatic heterocycles. The van der Waals surface area contributed by atoms with Crippen LogP contribution in [0.15, 0.2) is 29.2 Å². The molecular formula is C23H37N3O3S. The van der Waals surface area contributed by atoms with E-state index in [4.69, 9.17) is 0 Å². The van der Waals surface area contributed by atoms with Crippen LogP contribution in [0.3, 0.4) is 0 Å². The highest BCUT2D eigenvalue weighted by molar-refractivity contribution is 7.89. The van der Waals surface area contributed by atoms with Gasteiger partial charge in [0, 0.05) is 38.3 Å². The first kappa shape index (κ1) is 23.2. The molecule has 1 aromatic rings. The summed E-state index contributed by atoms with van der Waals surface area (Å²) in [6.45, 7) is 9.70. The lowest BCUT2D eigenvalue weighted by Gasteiger charge is -2.34. The number of benzene rings is 1. The third-order valence-corrected chi connectivity index (χ3v) is 8.11. The molecule has 1 N–H and O–H groups in total. The first-order chi connectivity index (χ1) is 14.4. The zero-order valence-electron chi connectivity index (χ0n) is 18.5. The van der Waals surface area contributed by atoms with Crippen molar-refractivity contribution < 1.29 is 13.2 Å². The minimum Gasteiger partial charge on any atom is -0.352 e. The molecule has 1 amide bonds. The molecule has 0 spiro atoms. The fourth-order valence-electron chi connectivity index (χ4n) is 4.79. The van der Waals surface area contributed by atoms with Gasteiger partial charge in [-0.1, -0.05) is 26.7 Å². The lowest BCUT2D eigenvalue weighted by Crippen LogP contribution is -2.40. The quantitative estimate of drug-likeness (QED) is 0.667. The molecule has 0 saturated carbocycles. The topological polar surface area (TPSA) is 69.7 Å². The van der Waals surface area contributed by atoms with E-state index in [0.717, 1.165) is 63.6 Å². The Morgan fingerprint density at radius 2 is 1.60 bits per heavy atom. The van der Waals surface area contributed by atoms with Gasteiger partial charge in [0.1, 0.15) is 0 Å². The molecule has 2 aliphatic rings. The molecule has 168 valence electrons. The van der Waals surface area contributed by atoms with Crippen molar-refractivity contribution in [3.05, 3.63) is 29.8 Å². The number of likely N-dealkylation sites (tertiary alicyclic amines) is 1. The molecule has 0 radical (unpaired) electrons. The maximum atomic E-state index is 12.8. The van der Waals surface area contributed by atoms with Crippen molar-refractivity contribution in [3.8, 4) is 0 Å². The summed E-state index contributed by atoms with van der Waals surface area (Å²) in [5.74, 6) is 1.34. The highest BCUT2D eigenvalue weighted by Crippen LogP contribution is 2.22. The summed E-state index contributed by atoms with van der Waals surface area (Å²) in [4.78, 5) is 15.2. The van der Waals surface area contributed by atoms with Crippen LogP contribution in [0.1, 0.15) is 62.7 Å². The second-order valence-electron chi connectivity index (χ2n) is 9.16. The molecule has 2 unspecified atom stereocenters. The maximum Gasteiger partial charge on any atom is 0.251 e. The Labute approximate surface area is 182 Å². The Kier molecular flexibility index (Phi) is 8.31. The molecule has 0 aliphatic carbocycles. The van der Waals surface area contributed by atoms with E-state index in [1.165, 1.54) is 6.42 Å². The minimum atomic E-state index is -3.47. The van der Waals surface area contributed by atoms with Gasteiger partial charge in [-0.3, -0.25) is 4.79 Å². The molecule has 7 heteroatoms. The summed E-state index contributed by atoms with van der Waals surface area (Å²) >= 11 is 0. The number of rotatable bonds is 7. The van der Waals surface area contributed by atoms with Crippen LogP contribution in [0.5, 0.6) is 0 Å². The van der Waals surface area contributed by atoms with Crippen LogP contribution in [0.4, 0.5) is 0 Å². The largest absolute Gasteiger partial charge is 0.352 e. The van der Waals surface area contributed by atoms with Gasteiger partial charge in [-0.15, -0.1) is 0 Å². The highest BCUT2D eigenvalue weighted by atomic mass is 32.2. The Morgan fingerprint density at radius 1 is 1.00 bits per heavy atom. The van der Waals surface area contributed by atoms with Crippen molar-refractivity contribution in [1.29, 1.82) is 0 Å². The van der Waals surface area contributed by atoms with E-state index < -0.39 is 10.0 Å². The Bertz CT molecular complexity index is 776. The molecule has 2 fully saturated rings.